The Bertz CT molecular complexity index is 144. The Morgan fingerprint density at radius 2 is 1.83 bits per heavy atom. The van der Waals surface area contributed by atoms with Gasteiger partial charge in [0.05, 0.1) is 6.61 Å². The molecule has 1 heterocycles. The highest BCUT2D eigenvalue weighted by molar-refractivity contribution is 4.98. The summed E-state index contributed by atoms with van der Waals surface area (Å²) in [6.45, 7) is 1.45. The van der Waals surface area contributed by atoms with Crippen molar-refractivity contribution < 1.29 is 9.88 Å². The van der Waals surface area contributed by atoms with Crippen molar-refractivity contribution in [3.8, 4) is 11.8 Å². The van der Waals surface area contributed by atoms with E-state index in [-0.39, 0.29) is 0 Å². The minimum Gasteiger partial charge on any atom is -0.218 e. The summed E-state index contributed by atoms with van der Waals surface area (Å²) in [6, 6.07) is 0. The summed E-state index contributed by atoms with van der Waals surface area (Å²) in [7, 11) is 0. The molecule has 1 N–H and O–H groups in total. The third kappa shape index (κ3) is 5.14. The van der Waals surface area contributed by atoms with E-state index in [1.165, 1.54) is 0 Å². The number of nitrogens with one attached hydrogen (secondary N) is 1. The van der Waals surface area contributed by atoms with E-state index in [0.717, 1.165) is 38.6 Å². The zero-order valence-corrected chi connectivity index (χ0v) is 7.27. The van der Waals surface area contributed by atoms with Crippen LogP contribution in [0.3, 0.4) is 0 Å². The molecule has 0 saturated carbocycles. The van der Waals surface area contributed by atoms with E-state index in [2.05, 4.69) is 17.3 Å². The highest BCUT2D eigenvalue weighted by Crippen LogP contribution is 1.95. The fourth-order valence-corrected chi connectivity index (χ4v) is 0.932. The lowest BCUT2D eigenvalue weighted by Gasteiger charge is -2.04. The molecule has 12 heavy (non-hydrogen) atoms. The second-order valence-electron chi connectivity index (χ2n) is 2.71. The molecule has 1 aliphatic heterocycles. The van der Waals surface area contributed by atoms with E-state index in [0.29, 0.717) is 6.61 Å². The SMILES string of the molecule is C1#CCCCOONCCCC1. The molecule has 68 valence electrons. The van der Waals surface area contributed by atoms with Crippen molar-refractivity contribution in [1.29, 1.82) is 0 Å². The van der Waals surface area contributed by atoms with Crippen molar-refractivity contribution in [2.75, 3.05) is 13.2 Å². The van der Waals surface area contributed by atoms with Gasteiger partial charge in [0.1, 0.15) is 0 Å². The Morgan fingerprint density at radius 1 is 1.00 bits per heavy atom. The van der Waals surface area contributed by atoms with Crippen molar-refractivity contribution >= 4 is 0 Å². The summed E-state index contributed by atoms with van der Waals surface area (Å²) in [6.07, 6.45) is 5.06. The number of hydroxylamine groups is 1. The predicted molar refractivity (Wildman–Crippen MR) is 45.9 cm³/mol. The van der Waals surface area contributed by atoms with Crippen LogP contribution in [0.15, 0.2) is 0 Å². The largest absolute Gasteiger partial charge is 0.218 e. The molecular formula is C9H15NO2. The Kier molecular flexibility index (Phi) is 5.64. The van der Waals surface area contributed by atoms with E-state index in [1.807, 2.05) is 0 Å². The smallest absolute Gasteiger partial charge is 0.0851 e. The van der Waals surface area contributed by atoms with Gasteiger partial charge in [-0.25, -0.2) is 4.89 Å². The van der Waals surface area contributed by atoms with Crippen LogP contribution in [0.5, 0.6) is 0 Å². The van der Waals surface area contributed by atoms with Gasteiger partial charge in [-0.3, -0.25) is 0 Å². The number of hydrogen-bond acceptors (Lipinski definition) is 3. The van der Waals surface area contributed by atoms with Crippen LogP contribution in [-0.4, -0.2) is 13.2 Å². The molecule has 0 unspecified atom stereocenters. The van der Waals surface area contributed by atoms with Crippen molar-refractivity contribution in [2.24, 2.45) is 0 Å². The number of rotatable bonds is 0. The van der Waals surface area contributed by atoms with E-state index < -0.39 is 0 Å². The average molecular weight is 169 g/mol. The first kappa shape index (κ1) is 9.53. The molecule has 3 nitrogen and oxygen atoms in total. The lowest BCUT2D eigenvalue weighted by molar-refractivity contribution is -0.336. The third-order valence-electron chi connectivity index (χ3n) is 1.60. The summed E-state index contributed by atoms with van der Waals surface area (Å²) in [5, 5.41) is 0. The molecule has 0 radical (unpaired) electrons. The van der Waals surface area contributed by atoms with Gasteiger partial charge in [-0.1, -0.05) is 0 Å². The Balaban J connectivity index is 2.14. The highest BCUT2D eigenvalue weighted by atomic mass is 17.3. The lowest BCUT2D eigenvalue weighted by atomic mass is 10.2. The van der Waals surface area contributed by atoms with Crippen LogP contribution in [-0.2, 0) is 9.88 Å². The van der Waals surface area contributed by atoms with Gasteiger partial charge in [0.2, 0.25) is 0 Å². The molecule has 0 aromatic rings. The molecule has 0 atom stereocenters. The van der Waals surface area contributed by atoms with Crippen LogP contribution in [0.4, 0.5) is 0 Å². The molecule has 0 saturated heterocycles. The maximum Gasteiger partial charge on any atom is 0.0851 e. The summed E-state index contributed by atoms with van der Waals surface area (Å²) < 4.78 is 0. The van der Waals surface area contributed by atoms with Gasteiger partial charge < -0.3 is 0 Å². The van der Waals surface area contributed by atoms with Crippen molar-refractivity contribution in [2.45, 2.75) is 32.1 Å². The topological polar surface area (TPSA) is 30.5 Å². The zero-order valence-electron chi connectivity index (χ0n) is 7.27. The molecular weight excluding hydrogens is 154 g/mol. The first-order valence-corrected chi connectivity index (χ1v) is 4.47. The third-order valence-corrected chi connectivity index (χ3v) is 1.60. The predicted octanol–water partition coefficient (Wildman–Crippen LogP) is 1.41. The second-order valence-corrected chi connectivity index (χ2v) is 2.71. The van der Waals surface area contributed by atoms with E-state index in [9.17, 15) is 0 Å². The van der Waals surface area contributed by atoms with Crippen LogP contribution in [0, 0.1) is 11.8 Å². The molecule has 0 fully saturated rings. The molecule has 1 aliphatic rings. The van der Waals surface area contributed by atoms with Gasteiger partial charge in [0.15, 0.2) is 0 Å². The lowest BCUT2D eigenvalue weighted by Crippen LogP contribution is -2.16. The van der Waals surface area contributed by atoms with Crippen molar-refractivity contribution in [1.82, 2.24) is 5.48 Å². The quantitative estimate of drug-likeness (QED) is 0.439. The van der Waals surface area contributed by atoms with E-state index in [4.69, 9.17) is 9.88 Å². The molecule has 0 aliphatic carbocycles. The van der Waals surface area contributed by atoms with E-state index in [1.54, 1.807) is 0 Å². The molecule has 0 spiro atoms. The van der Waals surface area contributed by atoms with Gasteiger partial charge in [-0.15, -0.1) is 16.8 Å². The molecule has 0 aromatic carbocycles. The standard InChI is InChI=1S/C9H15NO2/c1-2-4-6-8-10-12-11-9-7-5-3-1/h10H,2,4-9H2. The zero-order chi connectivity index (χ0) is 8.49. The minimum absolute atomic E-state index is 0.613. The highest BCUT2D eigenvalue weighted by Gasteiger charge is 1.91. The average Bonchev–Trinajstić information content (AvgIpc) is 2.05. The van der Waals surface area contributed by atoms with Crippen molar-refractivity contribution in [3.63, 3.8) is 0 Å². The van der Waals surface area contributed by atoms with Gasteiger partial charge in [0.25, 0.3) is 0 Å². The monoisotopic (exact) mass is 169 g/mol. The summed E-state index contributed by atoms with van der Waals surface area (Å²) in [5.74, 6) is 6.23. The maximum absolute atomic E-state index is 4.83. The first-order chi connectivity index (χ1) is 6.00. The Morgan fingerprint density at radius 3 is 2.75 bits per heavy atom. The van der Waals surface area contributed by atoms with Crippen LogP contribution in [0.1, 0.15) is 32.1 Å². The van der Waals surface area contributed by atoms with Crippen LogP contribution in [0.25, 0.3) is 0 Å². The molecule has 0 amide bonds. The van der Waals surface area contributed by atoms with Crippen LogP contribution < -0.4 is 5.48 Å². The van der Waals surface area contributed by atoms with Gasteiger partial charge in [0, 0.05) is 19.4 Å². The first-order valence-electron chi connectivity index (χ1n) is 4.47. The second kappa shape index (κ2) is 7.11. The molecule has 0 bridgehead atoms. The normalized spacial score (nSPS) is 21.3. The Hall–Kier alpha value is -0.560. The summed E-state index contributed by atoms with van der Waals surface area (Å²) in [4.78, 5) is 9.54. The van der Waals surface area contributed by atoms with E-state index >= 15 is 0 Å². The number of hydrogen-bond donors (Lipinski definition) is 1. The van der Waals surface area contributed by atoms with Gasteiger partial charge >= 0.3 is 0 Å². The Labute approximate surface area is 73.3 Å². The summed E-state index contributed by atoms with van der Waals surface area (Å²) in [5.41, 5.74) is 2.73. The van der Waals surface area contributed by atoms with Gasteiger partial charge in [-0.05, 0) is 19.3 Å². The molecule has 3 heteroatoms. The fourth-order valence-electron chi connectivity index (χ4n) is 0.932. The maximum atomic E-state index is 4.83. The van der Waals surface area contributed by atoms with Crippen LogP contribution in [0.2, 0.25) is 0 Å². The summed E-state index contributed by atoms with van der Waals surface area (Å²) >= 11 is 0. The van der Waals surface area contributed by atoms with Crippen molar-refractivity contribution in [3.05, 3.63) is 0 Å². The van der Waals surface area contributed by atoms with Crippen LogP contribution >= 0.6 is 0 Å². The molecule has 1 rings (SSSR count). The minimum atomic E-state index is 0.613. The van der Waals surface area contributed by atoms with Gasteiger partial charge in [-0.2, -0.15) is 5.48 Å². The molecule has 0 aromatic heterocycles. The fraction of sp³-hybridized carbons (Fsp3) is 0.778.